The predicted molar refractivity (Wildman–Crippen MR) is 397 cm³/mol. The Morgan fingerprint density at radius 3 is 1.10 bits per heavy atom. The van der Waals surface area contributed by atoms with Crippen molar-refractivity contribution in [2.45, 2.75) is 421 Å². The number of aliphatic hydroxyl groups is 8. The first kappa shape index (κ1) is 89.5. The van der Waals surface area contributed by atoms with E-state index in [1.54, 1.807) is 6.08 Å². The van der Waals surface area contributed by atoms with Gasteiger partial charge in [0.2, 0.25) is 5.91 Å². The monoisotopic (exact) mass is 1360 g/mol. The summed E-state index contributed by atoms with van der Waals surface area (Å²) in [5.41, 5.74) is 0. The summed E-state index contributed by atoms with van der Waals surface area (Å²) < 4.78 is 22.9. The van der Waals surface area contributed by atoms with Crippen molar-refractivity contribution >= 4 is 5.91 Å². The highest BCUT2D eigenvalue weighted by Gasteiger charge is 2.51. The molecule has 14 nitrogen and oxygen atoms in total. The van der Waals surface area contributed by atoms with Gasteiger partial charge in [-0.3, -0.25) is 4.79 Å². The van der Waals surface area contributed by atoms with Crippen LogP contribution in [0.2, 0.25) is 0 Å². The quantitative estimate of drug-likeness (QED) is 0.0204. The normalized spacial score (nSPS) is 22.6. The number of hydrogen-bond donors (Lipinski definition) is 9. The van der Waals surface area contributed by atoms with E-state index < -0.39 is 86.8 Å². The van der Waals surface area contributed by atoms with Crippen LogP contribution in [0.1, 0.15) is 348 Å². The first-order valence-corrected chi connectivity index (χ1v) is 40.2. The van der Waals surface area contributed by atoms with Gasteiger partial charge in [0.1, 0.15) is 48.8 Å². The van der Waals surface area contributed by atoms with Crippen molar-refractivity contribution in [2.24, 2.45) is 0 Å². The van der Waals surface area contributed by atoms with Crippen LogP contribution in [0.5, 0.6) is 0 Å². The molecule has 2 aliphatic heterocycles. The zero-order valence-corrected chi connectivity index (χ0v) is 61.4. The molecule has 2 saturated heterocycles. The molecule has 0 saturated carbocycles. The van der Waals surface area contributed by atoms with Gasteiger partial charge in [0.15, 0.2) is 12.6 Å². The summed E-state index contributed by atoms with van der Waals surface area (Å²) >= 11 is 0. The van der Waals surface area contributed by atoms with Crippen LogP contribution < -0.4 is 5.32 Å². The van der Waals surface area contributed by atoms with Crippen molar-refractivity contribution in [3.05, 3.63) is 72.9 Å². The fourth-order valence-corrected chi connectivity index (χ4v) is 13.1. The molecule has 0 aliphatic carbocycles. The predicted octanol–water partition coefficient (Wildman–Crippen LogP) is 18.1. The van der Waals surface area contributed by atoms with E-state index in [0.717, 1.165) is 70.6 Å². The number of amides is 1. The van der Waals surface area contributed by atoms with Crippen LogP contribution in [-0.4, -0.2) is 140 Å². The summed E-state index contributed by atoms with van der Waals surface area (Å²) in [5, 5.41) is 87.7. The standard InChI is InChI=1S/C82H149NO13/c1-3-5-7-9-11-13-15-17-19-21-23-25-27-28-29-30-31-32-33-34-35-36-37-38-39-40-41-42-44-46-48-50-52-54-56-58-60-62-64-66-74(87)83-70(69-93-81-79(92)77(90)80(73(68-85)95-81)96-82-78(91)76(89)75(88)72(67-84)94-82)71(86)65-63-61-59-57-55-53-51-49-47-45-43-26-24-22-20-18-16-14-12-10-8-6-4-2/h5,7,11,13,17,19,23,25,28-29,63,65,70-73,75-82,84-86,88-92H,3-4,6,8-10,12,14-16,18,20-22,24,26-27,30-62,64,66-69H2,1-2H3,(H,83,87)/b7-5-,13-11-,19-17-,25-23-,29-28-,65-63+. The van der Waals surface area contributed by atoms with Crippen molar-refractivity contribution in [3.63, 3.8) is 0 Å². The number of rotatable bonds is 67. The summed E-state index contributed by atoms with van der Waals surface area (Å²) in [4.78, 5) is 13.4. The van der Waals surface area contributed by atoms with Gasteiger partial charge in [-0.1, -0.05) is 350 Å². The highest BCUT2D eigenvalue weighted by atomic mass is 16.7. The topological polar surface area (TPSA) is 228 Å². The minimum atomic E-state index is -1.79. The van der Waals surface area contributed by atoms with Crippen molar-refractivity contribution in [1.82, 2.24) is 5.32 Å². The van der Waals surface area contributed by atoms with Crippen LogP contribution in [0, 0.1) is 0 Å². The Kier molecular flexibility index (Phi) is 61.3. The van der Waals surface area contributed by atoms with Crippen LogP contribution in [0.15, 0.2) is 72.9 Å². The number of nitrogens with one attached hydrogen (secondary N) is 1. The number of carbonyl (C=O) groups excluding carboxylic acids is 1. The molecule has 0 spiro atoms. The van der Waals surface area contributed by atoms with Gasteiger partial charge < -0.3 is 65.1 Å². The zero-order chi connectivity index (χ0) is 69.4. The van der Waals surface area contributed by atoms with E-state index in [-0.39, 0.29) is 18.9 Å². The van der Waals surface area contributed by atoms with Crippen LogP contribution in [-0.2, 0) is 23.7 Å². The Balaban J connectivity index is 1.58. The maximum absolute atomic E-state index is 13.4. The molecular weight excluding hydrogens is 1210 g/mol. The molecule has 0 bridgehead atoms. The van der Waals surface area contributed by atoms with Crippen molar-refractivity contribution in [1.29, 1.82) is 0 Å². The lowest BCUT2D eigenvalue weighted by atomic mass is 9.97. The van der Waals surface area contributed by atoms with Gasteiger partial charge in [0.25, 0.3) is 0 Å². The fraction of sp³-hybridized carbons (Fsp3) is 0.841. The van der Waals surface area contributed by atoms with E-state index in [1.165, 1.54) is 250 Å². The third-order valence-electron chi connectivity index (χ3n) is 19.4. The molecule has 2 aliphatic rings. The first-order valence-electron chi connectivity index (χ1n) is 40.2. The molecule has 0 radical (unpaired) electrons. The zero-order valence-electron chi connectivity index (χ0n) is 61.4. The summed E-state index contributed by atoms with van der Waals surface area (Å²) in [5.74, 6) is -0.233. The molecule has 560 valence electrons. The summed E-state index contributed by atoms with van der Waals surface area (Å²) in [6, 6.07) is -0.916. The third kappa shape index (κ3) is 48.3. The van der Waals surface area contributed by atoms with E-state index in [4.69, 9.17) is 18.9 Å². The molecule has 0 aromatic carbocycles. The lowest BCUT2D eigenvalue weighted by molar-refractivity contribution is -0.359. The maximum atomic E-state index is 13.4. The lowest BCUT2D eigenvalue weighted by Crippen LogP contribution is -2.65. The molecule has 2 fully saturated rings. The summed E-state index contributed by atoms with van der Waals surface area (Å²) in [6.07, 6.45) is 74.1. The maximum Gasteiger partial charge on any atom is 0.220 e. The van der Waals surface area contributed by atoms with E-state index in [1.807, 2.05) is 6.08 Å². The third-order valence-corrected chi connectivity index (χ3v) is 19.4. The van der Waals surface area contributed by atoms with Crippen LogP contribution in [0.25, 0.3) is 0 Å². The van der Waals surface area contributed by atoms with Crippen molar-refractivity contribution in [3.8, 4) is 0 Å². The van der Waals surface area contributed by atoms with E-state index >= 15 is 0 Å². The molecule has 0 aromatic rings. The van der Waals surface area contributed by atoms with Gasteiger partial charge >= 0.3 is 0 Å². The molecule has 1 amide bonds. The minimum absolute atomic E-state index is 0.233. The van der Waals surface area contributed by atoms with Crippen LogP contribution >= 0.6 is 0 Å². The molecular formula is C82H149NO13. The van der Waals surface area contributed by atoms with Crippen molar-refractivity contribution in [2.75, 3.05) is 19.8 Å². The minimum Gasteiger partial charge on any atom is -0.394 e. The molecule has 0 aromatic heterocycles. The second kappa shape index (κ2) is 65.7. The van der Waals surface area contributed by atoms with Gasteiger partial charge in [-0.25, -0.2) is 0 Å². The van der Waals surface area contributed by atoms with Gasteiger partial charge in [0, 0.05) is 6.42 Å². The molecule has 96 heavy (non-hydrogen) atoms. The van der Waals surface area contributed by atoms with Gasteiger partial charge in [-0.2, -0.15) is 0 Å². The first-order chi connectivity index (χ1) is 47.1. The molecule has 2 heterocycles. The fourth-order valence-electron chi connectivity index (χ4n) is 13.1. The Morgan fingerprint density at radius 2 is 0.719 bits per heavy atom. The second-order valence-electron chi connectivity index (χ2n) is 28.2. The van der Waals surface area contributed by atoms with Crippen molar-refractivity contribution < 1.29 is 64.6 Å². The molecule has 2 rings (SSSR count). The average Bonchev–Trinajstić information content (AvgIpc) is 0.806. The molecule has 14 heteroatoms. The molecule has 12 unspecified atom stereocenters. The molecule has 9 N–H and O–H groups in total. The summed E-state index contributed by atoms with van der Waals surface area (Å²) in [6.45, 7) is 2.74. The number of ether oxygens (including phenoxy) is 4. The number of unbranched alkanes of at least 4 members (excludes halogenated alkanes) is 44. The Morgan fingerprint density at radius 1 is 0.385 bits per heavy atom. The number of carbonyl (C=O) groups is 1. The molecule has 12 atom stereocenters. The highest BCUT2D eigenvalue weighted by Crippen LogP contribution is 2.30. The van der Waals surface area contributed by atoms with Gasteiger partial charge in [-0.15, -0.1) is 0 Å². The number of aliphatic hydroxyl groups excluding tert-OH is 8. The van der Waals surface area contributed by atoms with Crippen LogP contribution in [0.4, 0.5) is 0 Å². The second-order valence-corrected chi connectivity index (χ2v) is 28.2. The largest absolute Gasteiger partial charge is 0.394 e. The smallest absolute Gasteiger partial charge is 0.220 e. The van der Waals surface area contributed by atoms with E-state index in [0.29, 0.717) is 6.42 Å². The highest BCUT2D eigenvalue weighted by molar-refractivity contribution is 5.76. The van der Waals surface area contributed by atoms with Crippen LogP contribution in [0.3, 0.4) is 0 Å². The van der Waals surface area contributed by atoms with Gasteiger partial charge in [-0.05, 0) is 64.2 Å². The Hall–Kier alpha value is -2.57. The Bertz CT molecular complexity index is 1890. The van der Waals surface area contributed by atoms with Gasteiger partial charge in [0.05, 0.1) is 32.0 Å². The Labute approximate surface area is 587 Å². The summed E-state index contributed by atoms with van der Waals surface area (Å²) in [7, 11) is 0. The average molecular weight is 1360 g/mol. The lowest BCUT2D eigenvalue weighted by Gasteiger charge is -2.46. The number of hydrogen-bond acceptors (Lipinski definition) is 13. The van der Waals surface area contributed by atoms with E-state index in [2.05, 4.69) is 79.9 Å². The SMILES string of the molecule is CC/C=C\C/C=C\C/C=C\C/C=C\C/C=C\CCCCCCCCCCCCCCCCCCCCCCCCCC(=O)NC(COC1OC(CO)C(OC2OC(CO)C(O)C(O)C2O)C(O)C1O)C(O)/C=C/CCCCCCCCCCCCCCCCCCCCCCC. The number of allylic oxidation sites excluding steroid dienone is 11. The van der Waals surface area contributed by atoms with E-state index in [9.17, 15) is 45.6 Å².